The summed E-state index contributed by atoms with van der Waals surface area (Å²) in [5.74, 6) is -0.182. The Morgan fingerprint density at radius 2 is 2.11 bits per heavy atom. The van der Waals surface area contributed by atoms with Crippen molar-refractivity contribution in [3.05, 3.63) is 35.5 Å². The second-order valence-corrected chi connectivity index (χ2v) is 4.45. The van der Waals surface area contributed by atoms with Gasteiger partial charge in [-0.2, -0.15) is 0 Å². The first-order valence-corrected chi connectivity index (χ1v) is 5.96. The van der Waals surface area contributed by atoms with Crippen molar-refractivity contribution in [3.63, 3.8) is 0 Å². The second-order valence-electron chi connectivity index (χ2n) is 4.45. The van der Waals surface area contributed by atoms with Crippen molar-refractivity contribution in [3.8, 4) is 0 Å². The summed E-state index contributed by atoms with van der Waals surface area (Å²) in [7, 11) is 0. The van der Waals surface area contributed by atoms with Gasteiger partial charge in [0, 0.05) is 30.0 Å². The Morgan fingerprint density at radius 1 is 1.33 bits per heavy atom. The SMILES string of the molecule is CC(=O)OCc1c2n(c3ccccc13)C(=O)CC2. The standard InChI is InChI=1S/C14H13NO3/c1-9(16)18-8-11-10-4-2-3-5-12(10)15-13(11)6-7-14(15)17/h2-5H,6-8H2,1H3. The molecule has 2 aromatic rings. The van der Waals surface area contributed by atoms with Gasteiger partial charge < -0.3 is 4.74 Å². The number of para-hydroxylation sites is 1. The fourth-order valence-corrected chi connectivity index (χ4v) is 2.58. The van der Waals surface area contributed by atoms with E-state index in [2.05, 4.69) is 0 Å². The highest BCUT2D eigenvalue weighted by Gasteiger charge is 2.26. The summed E-state index contributed by atoms with van der Waals surface area (Å²) in [5, 5.41) is 1.00. The van der Waals surface area contributed by atoms with Crippen molar-refractivity contribution >= 4 is 22.8 Å². The van der Waals surface area contributed by atoms with Crippen LogP contribution in [-0.2, 0) is 22.6 Å². The van der Waals surface area contributed by atoms with Gasteiger partial charge in [-0.1, -0.05) is 18.2 Å². The summed E-state index contributed by atoms with van der Waals surface area (Å²) < 4.78 is 6.85. The molecule has 0 spiro atoms. The molecule has 4 heteroatoms. The molecule has 0 aliphatic carbocycles. The molecule has 1 aliphatic rings. The summed E-state index contributed by atoms with van der Waals surface area (Å²) >= 11 is 0. The number of hydrogen-bond donors (Lipinski definition) is 0. The van der Waals surface area contributed by atoms with Gasteiger partial charge in [-0.05, 0) is 12.5 Å². The zero-order valence-electron chi connectivity index (χ0n) is 10.1. The normalized spacial score (nSPS) is 13.9. The number of carbonyl (C=O) groups is 2. The van der Waals surface area contributed by atoms with Crippen molar-refractivity contribution in [2.75, 3.05) is 0 Å². The summed E-state index contributed by atoms with van der Waals surface area (Å²) in [4.78, 5) is 22.8. The number of esters is 1. The Hall–Kier alpha value is -2.10. The third-order valence-corrected chi connectivity index (χ3v) is 3.33. The van der Waals surface area contributed by atoms with Crippen LogP contribution in [0.2, 0.25) is 0 Å². The molecule has 0 saturated carbocycles. The van der Waals surface area contributed by atoms with Crippen LogP contribution in [0.15, 0.2) is 24.3 Å². The van der Waals surface area contributed by atoms with Gasteiger partial charge in [0.15, 0.2) is 0 Å². The molecule has 0 unspecified atom stereocenters. The molecule has 92 valence electrons. The van der Waals surface area contributed by atoms with Gasteiger partial charge in [0.1, 0.15) is 6.61 Å². The smallest absolute Gasteiger partial charge is 0.302 e. The zero-order valence-corrected chi connectivity index (χ0v) is 10.1. The van der Waals surface area contributed by atoms with Crippen LogP contribution in [-0.4, -0.2) is 16.4 Å². The minimum absolute atomic E-state index is 0.121. The average Bonchev–Trinajstić information content (AvgIpc) is 2.86. The maximum atomic E-state index is 11.9. The molecule has 3 rings (SSSR count). The maximum Gasteiger partial charge on any atom is 0.302 e. The highest BCUT2D eigenvalue weighted by atomic mass is 16.5. The number of hydrogen-bond acceptors (Lipinski definition) is 3. The Balaban J connectivity index is 2.18. The minimum atomic E-state index is -0.302. The monoisotopic (exact) mass is 243 g/mol. The van der Waals surface area contributed by atoms with Gasteiger partial charge in [-0.15, -0.1) is 0 Å². The highest BCUT2D eigenvalue weighted by molar-refractivity contribution is 5.98. The zero-order chi connectivity index (χ0) is 12.7. The van der Waals surface area contributed by atoms with Crippen LogP contribution in [0.4, 0.5) is 0 Å². The van der Waals surface area contributed by atoms with Crippen molar-refractivity contribution in [1.29, 1.82) is 0 Å². The lowest BCUT2D eigenvalue weighted by Crippen LogP contribution is -2.03. The molecule has 4 nitrogen and oxygen atoms in total. The summed E-state index contributed by atoms with van der Waals surface area (Å²) in [6.07, 6.45) is 1.26. The molecule has 0 fully saturated rings. The van der Waals surface area contributed by atoms with E-state index >= 15 is 0 Å². The van der Waals surface area contributed by atoms with E-state index in [1.165, 1.54) is 6.92 Å². The number of benzene rings is 1. The molecule has 1 aliphatic heterocycles. The molecular formula is C14H13NO3. The van der Waals surface area contributed by atoms with Crippen LogP contribution in [0, 0.1) is 0 Å². The number of ether oxygens (including phenoxy) is 1. The number of nitrogens with zero attached hydrogens (tertiary/aromatic N) is 1. The van der Waals surface area contributed by atoms with E-state index in [4.69, 9.17) is 4.74 Å². The van der Waals surface area contributed by atoms with Crippen LogP contribution in [0.25, 0.3) is 10.9 Å². The third-order valence-electron chi connectivity index (χ3n) is 3.33. The summed E-state index contributed by atoms with van der Waals surface area (Å²) in [6.45, 7) is 1.63. The summed E-state index contributed by atoms with van der Waals surface area (Å²) in [6, 6.07) is 7.74. The van der Waals surface area contributed by atoms with E-state index in [0.29, 0.717) is 6.42 Å². The second kappa shape index (κ2) is 3.98. The molecule has 0 saturated heterocycles. The third kappa shape index (κ3) is 1.53. The first-order valence-electron chi connectivity index (χ1n) is 5.96. The van der Waals surface area contributed by atoms with Crippen molar-refractivity contribution < 1.29 is 14.3 Å². The average molecular weight is 243 g/mol. The molecule has 0 amide bonds. The van der Waals surface area contributed by atoms with Crippen LogP contribution < -0.4 is 0 Å². The van der Waals surface area contributed by atoms with Gasteiger partial charge in [-0.25, -0.2) is 0 Å². The largest absolute Gasteiger partial charge is 0.461 e. The number of rotatable bonds is 2. The van der Waals surface area contributed by atoms with Gasteiger partial charge >= 0.3 is 5.97 Å². The van der Waals surface area contributed by atoms with E-state index in [1.807, 2.05) is 24.3 Å². The van der Waals surface area contributed by atoms with Gasteiger partial charge in [-0.3, -0.25) is 14.2 Å². The fourth-order valence-electron chi connectivity index (χ4n) is 2.58. The van der Waals surface area contributed by atoms with E-state index in [1.54, 1.807) is 4.57 Å². The number of carbonyl (C=O) groups excluding carboxylic acids is 2. The first-order chi connectivity index (χ1) is 8.68. The predicted molar refractivity (Wildman–Crippen MR) is 66.4 cm³/mol. The van der Waals surface area contributed by atoms with E-state index in [-0.39, 0.29) is 18.5 Å². The molecule has 0 bridgehead atoms. The highest BCUT2D eigenvalue weighted by Crippen LogP contribution is 2.31. The lowest BCUT2D eigenvalue weighted by Gasteiger charge is -2.02. The number of aromatic nitrogens is 1. The molecular weight excluding hydrogens is 230 g/mol. The van der Waals surface area contributed by atoms with Crippen LogP contribution in [0.5, 0.6) is 0 Å². The van der Waals surface area contributed by atoms with Gasteiger partial charge in [0.2, 0.25) is 5.91 Å². The van der Waals surface area contributed by atoms with Gasteiger partial charge in [0.25, 0.3) is 0 Å². The minimum Gasteiger partial charge on any atom is -0.461 e. The summed E-state index contributed by atoms with van der Waals surface area (Å²) in [5.41, 5.74) is 2.87. The predicted octanol–water partition coefficient (Wildman–Crippen LogP) is 2.29. The Bertz CT molecular complexity index is 654. The molecule has 18 heavy (non-hydrogen) atoms. The quantitative estimate of drug-likeness (QED) is 0.760. The molecule has 0 atom stereocenters. The molecule has 2 heterocycles. The van der Waals surface area contributed by atoms with E-state index in [0.717, 1.165) is 28.6 Å². The van der Waals surface area contributed by atoms with Gasteiger partial charge in [0.05, 0.1) is 5.52 Å². The lowest BCUT2D eigenvalue weighted by atomic mass is 10.1. The Morgan fingerprint density at radius 3 is 2.89 bits per heavy atom. The topological polar surface area (TPSA) is 48.3 Å². The van der Waals surface area contributed by atoms with Crippen molar-refractivity contribution in [2.45, 2.75) is 26.4 Å². The molecule has 1 aromatic heterocycles. The van der Waals surface area contributed by atoms with Crippen LogP contribution in [0.3, 0.4) is 0 Å². The molecule has 0 N–H and O–H groups in total. The van der Waals surface area contributed by atoms with E-state index in [9.17, 15) is 9.59 Å². The molecule has 0 radical (unpaired) electrons. The Kier molecular flexibility index (Phi) is 2.44. The lowest BCUT2D eigenvalue weighted by molar-refractivity contribution is -0.142. The first kappa shape index (κ1) is 11.0. The van der Waals surface area contributed by atoms with Crippen molar-refractivity contribution in [2.24, 2.45) is 0 Å². The molecule has 1 aromatic carbocycles. The maximum absolute atomic E-state index is 11.9. The van der Waals surface area contributed by atoms with Crippen LogP contribution >= 0.6 is 0 Å². The number of fused-ring (bicyclic) bond motifs is 3. The van der Waals surface area contributed by atoms with E-state index < -0.39 is 0 Å². The van der Waals surface area contributed by atoms with Crippen molar-refractivity contribution in [1.82, 2.24) is 4.57 Å². The Labute approximate surface area is 104 Å². The fraction of sp³-hybridized carbons (Fsp3) is 0.286. The van der Waals surface area contributed by atoms with Crippen LogP contribution in [0.1, 0.15) is 29.4 Å².